The van der Waals surface area contributed by atoms with E-state index in [4.69, 9.17) is 17.3 Å². The highest BCUT2D eigenvalue weighted by Gasteiger charge is 2.35. The predicted octanol–water partition coefficient (Wildman–Crippen LogP) is 4.00. The fraction of sp³-hybridized carbons (Fsp3) is 0.571. The van der Waals surface area contributed by atoms with Crippen LogP contribution in [0.15, 0.2) is 24.3 Å². The molecule has 0 bridgehead atoms. The lowest BCUT2D eigenvalue weighted by Gasteiger charge is -2.35. The zero-order valence-corrected chi connectivity index (χ0v) is 12.4. The molecule has 0 aromatic heterocycles. The standard InChI is InChI=1S/C14H20ClF3N2/c1-3-8-20(9-14(16,17)18)13(10(2)19)11-4-6-12(15)7-5-11/h4-7,10,13H,3,8-9,19H2,1-2H3. The predicted molar refractivity (Wildman–Crippen MR) is 75.8 cm³/mol. The van der Waals surface area contributed by atoms with Gasteiger partial charge in [0.2, 0.25) is 0 Å². The Balaban J connectivity index is 3.04. The largest absolute Gasteiger partial charge is 0.401 e. The lowest BCUT2D eigenvalue weighted by atomic mass is 9.99. The third-order valence-electron chi connectivity index (χ3n) is 3.00. The van der Waals surface area contributed by atoms with Gasteiger partial charge in [-0.15, -0.1) is 0 Å². The van der Waals surface area contributed by atoms with Crippen molar-refractivity contribution in [3.8, 4) is 0 Å². The maximum absolute atomic E-state index is 12.7. The SMILES string of the molecule is CCCN(CC(F)(F)F)C(c1ccc(Cl)cc1)C(C)N. The molecule has 2 N–H and O–H groups in total. The van der Waals surface area contributed by atoms with Crippen molar-refractivity contribution in [2.75, 3.05) is 13.1 Å². The number of nitrogens with zero attached hydrogens (tertiary/aromatic N) is 1. The summed E-state index contributed by atoms with van der Waals surface area (Å²) in [6, 6.07) is 5.91. The second-order valence-corrected chi connectivity index (χ2v) is 5.38. The monoisotopic (exact) mass is 308 g/mol. The summed E-state index contributed by atoms with van der Waals surface area (Å²) in [5.74, 6) is 0. The summed E-state index contributed by atoms with van der Waals surface area (Å²) in [4.78, 5) is 1.38. The van der Waals surface area contributed by atoms with E-state index in [1.54, 1.807) is 31.2 Å². The third kappa shape index (κ3) is 5.31. The van der Waals surface area contributed by atoms with Crippen LogP contribution in [-0.2, 0) is 0 Å². The maximum atomic E-state index is 12.7. The molecule has 1 aromatic rings. The van der Waals surface area contributed by atoms with Crippen LogP contribution in [0.3, 0.4) is 0 Å². The molecule has 0 fully saturated rings. The Morgan fingerprint density at radius 3 is 2.20 bits per heavy atom. The van der Waals surface area contributed by atoms with E-state index in [0.717, 1.165) is 5.56 Å². The van der Waals surface area contributed by atoms with Gasteiger partial charge in [0.1, 0.15) is 0 Å². The van der Waals surface area contributed by atoms with Crippen LogP contribution >= 0.6 is 11.6 Å². The maximum Gasteiger partial charge on any atom is 0.401 e. The molecule has 114 valence electrons. The average Bonchev–Trinajstić information content (AvgIpc) is 2.29. The van der Waals surface area contributed by atoms with Crippen molar-refractivity contribution in [1.29, 1.82) is 0 Å². The van der Waals surface area contributed by atoms with Crippen molar-refractivity contribution < 1.29 is 13.2 Å². The van der Waals surface area contributed by atoms with E-state index in [9.17, 15) is 13.2 Å². The Kier molecular flexibility index (Phi) is 6.30. The minimum Gasteiger partial charge on any atom is -0.326 e. The molecule has 0 aliphatic rings. The van der Waals surface area contributed by atoms with Crippen molar-refractivity contribution in [2.45, 2.75) is 38.5 Å². The molecule has 2 nitrogen and oxygen atoms in total. The fourth-order valence-electron chi connectivity index (χ4n) is 2.34. The van der Waals surface area contributed by atoms with Crippen LogP contribution in [-0.4, -0.2) is 30.2 Å². The fourth-order valence-corrected chi connectivity index (χ4v) is 2.47. The Morgan fingerprint density at radius 2 is 1.80 bits per heavy atom. The first-order valence-corrected chi connectivity index (χ1v) is 6.94. The van der Waals surface area contributed by atoms with Gasteiger partial charge in [0.25, 0.3) is 0 Å². The molecule has 0 aliphatic carbocycles. The Labute approximate surface area is 122 Å². The second-order valence-electron chi connectivity index (χ2n) is 4.94. The molecule has 2 unspecified atom stereocenters. The van der Waals surface area contributed by atoms with Crippen LogP contribution < -0.4 is 5.73 Å². The minimum absolute atomic E-state index is 0.342. The van der Waals surface area contributed by atoms with E-state index >= 15 is 0 Å². The molecule has 2 atom stereocenters. The highest BCUT2D eigenvalue weighted by Crippen LogP contribution is 2.28. The van der Waals surface area contributed by atoms with Crippen LogP contribution in [0.2, 0.25) is 5.02 Å². The van der Waals surface area contributed by atoms with Crippen LogP contribution in [0.4, 0.5) is 13.2 Å². The highest BCUT2D eigenvalue weighted by molar-refractivity contribution is 6.30. The summed E-state index contributed by atoms with van der Waals surface area (Å²) in [5.41, 5.74) is 6.67. The number of alkyl halides is 3. The summed E-state index contributed by atoms with van der Waals surface area (Å²) in [7, 11) is 0. The quantitative estimate of drug-likeness (QED) is 0.860. The number of hydrogen-bond donors (Lipinski definition) is 1. The molecule has 0 heterocycles. The second kappa shape index (κ2) is 7.29. The number of benzene rings is 1. The first-order valence-electron chi connectivity index (χ1n) is 6.56. The van der Waals surface area contributed by atoms with Crippen molar-refractivity contribution in [3.05, 3.63) is 34.9 Å². The van der Waals surface area contributed by atoms with E-state index in [2.05, 4.69) is 0 Å². The van der Waals surface area contributed by atoms with E-state index in [1.807, 2.05) is 6.92 Å². The van der Waals surface area contributed by atoms with Gasteiger partial charge in [-0.05, 0) is 37.6 Å². The van der Waals surface area contributed by atoms with Gasteiger partial charge < -0.3 is 5.73 Å². The summed E-state index contributed by atoms with van der Waals surface area (Å²) in [6.07, 6.45) is -3.61. The van der Waals surface area contributed by atoms with E-state index < -0.39 is 24.8 Å². The summed E-state index contributed by atoms with van der Waals surface area (Å²) in [6.45, 7) is 2.95. The molecule has 0 radical (unpaired) electrons. The van der Waals surface area contributed by atoms with Crippen molar-refractivity contribution >= 4 is 11.6 Å². The molecule has 1 aromatic carbocycles. The van der Waals surface area contributed by atoms with E-state index in [0.29, 0.717) is 18.0 Å². The zero-order chi connectivity index (χ0) is 15.3. The molecule has 0 amide bonds. The van der Waals surface area contributed by atoms with Crippen molar-refractivity contribution in [3.63, 3.8) is 0 Å². The first-order chi connectivity index (χ1) is 9.24. The summed E-state index contributed by atoms with van der Waals surface area (Å²) in [5, 5.41) is 0.551. The number of halogens is 4. The normalized spacial score (nSPS) is 15.4. The highest BCUT2D eigenvalue weighted by atomic mass is 35.5. The van der Waals surface area contributed by atoms with Gasteiger partial charge >= 0.3 is 6.18 Å². The minimum atomic E-state index is -4.24. The smallest absolute Gasteiger partial charge is 0.326 e. The third-order valence-corrected chi connectivity index (χ3v) is 3.25. The van der Waals surface area contributed by atoms with Gasteiger partial charge in [-0.3, -0.25) is 4.90 Å². The molecule has 0 aliphatic heterocycles. The van der Waals surface area contributed by atoms with Crippen LogP contribution in [0, 0.1) is 0 Å². The molecular formula is C14H20ClF3N2. The van der Waals surface area contributed by atoms with E-state index in [-0.39, 0.29) is 0 Å². The van der Waals surface area contributed by atoms with Gasteiger partial charge in [0.05, 0.1) is 6.54 Å². The number of rotatable bonds is 6. The zero-order valence-electron chi connectivity index (χ0n) is 11.6. The summed E-state index contributed by atoms with van der Waals surface area (Å²) >= 11 is 5.82. The van der Waals surface area contributed by atoms with Crippen LogP contribution in [0.5, 0.6) is 0 Å². The molecule has 0 saturated carbocycles. The Bertz CT molecular complexity index is 404. The van der Waals surface area contributed by atoms with Gasteiger partial charge in [-0.1, -0.05) is 30.7 Å². The molecular weight excluding hydrogens is 289 g/mol. The lowest BCUT2D eigenvalue weighted by Crippen LogP contribution is -2.44. The lowest BCUT2D eigenvalue weighted by molar-refractivity contribution is -0.152. The van der Waals surface area contributed by atoms with Gasteiger partial charge in [-0.2, -0.15) is 13.2 Å². The molecule has 1 rings (SSSR count). The molecule has 0 saturated heterocycles. The number of nitrogens with two attached hydrogens (primary N) is 1. The molecule has 6 heteroatoms. The van der Waals surface area contributed by atoms with Gasteiger partial charge in [-0.25, -0.2) is 0 Å². The summed E-state index contributed by atoms with van der Waals surface area (Å²) < 4.78 is 38.2. The van der Waals surface area contributed by atoms with Gasteiger partial charge in [0, 0.05) is 17.1 Å². The van der Waals surface area contributed by atoms with Crippen molar-refractivity contribution in [1.82, 2.24) is 4.90 Å². The van der Waals surface area contributed by atoms with E-state index in [1.165, 1.54) is 4.90 Å². The molecule has 0 spiro atoms. The first kappa shape index (κ1) is 17.3. The Hall–Kier alpha value is -0.780. The number of hydrogen-bond acceptors (Lipinski definition) is 2. The Morgan fingerprint density at radius 1 is 1.25 bits per heavy atom. The molecule has 20 heavy (non-hydrogen) atoms. The van der Waals surface area contributed by atoms with Crippen LogP contribution in [0.1, 0.15) is 31.9 Å². The van der Waals surface area contributed by atoms with Gasteiger partial charge in [0.15, 0.2) is 0 Å². The topological polar surface area (TPSA) is 29.3 Å². The average molecular weight is 309 g/mol. The van der Waals surface area contributed by atoms with Crippen LogP contribution in [0.25, 0.3) is 0 Å². The van der Waals surface area contributed by atoms with Crippen molar-refractivity contribution in [2.24, 2.45) is 5.73 Å².